The van der Waals surface area contributed by atoms with Gasteiger partial charge >= 0.3 is 0 Å². The minimum atomic E-state index is 0.121. The van der Waals surface area contributed by atoms with Gasteiger partial charge in [0.05, 0.1) is 30.5 Å². The van der Waals surface area contributed by atoms with Crippen molar-refractivity contribution in [2.45, 2.75) is 19.9 Å². The summed E-state index contributed by atoms with van der Waals surface area (Å²) < 4.78 is 13.4. The fraction of sp³-hybridized carbons (Fsp3) is 0.364. The van der Waals surface area contributed by atoms with Crippen LogP contribution in [0.25, 0.3) is 16.6 Å². The number of aryl methyl sites for hydroxylation is 2. The molecule has 0 aliphatic carbocycles. The van der Waals surface area contributed by atoms with E-state index in [0.717, 1.165) is 65.9 Å². The van der Waals surface area contributed by atoms with Gasteiger partial charge in [-0.15, -0.1) is 0 Å². The molecule has 1 aromatic carbocycles. The molecule has 0 bridgehead atoms. The van der Waals surface area contributed by atoms with Crippen LogP contribution in [0.2, 0.25) is 0 Å². The highest BCUT2D eigenvalue weighted by atomic mass is 16.5. The molecule has 1 aliphatic rings. The number of rotatable bonds is 5. The molecule has 1 atom stereocenters. The summed E-state index contributed by atoms with van der Waals surface area (Å²) in [5, 5.41) is 9.25. The molecule has 1 saturated heterocycles. The lowest BCUT2D eigenvalue weighted by Crippen LogP contribution is -2.41. The fourth-order valence-electron chi connectivity index (χ4n) is 4.04. The standard InChI is InChI=1S/C22H25N5O2/c1-15-13-21-24-22(17-5-3-4-6-18(17)27(21)25-15)23-14-19(20-8-7-16(2)29-20)26-9-11-28-12-10-26/h3-8,13,19H,9-12,14H2,1-2H3,(H,23,24)/t19-/m0/s1. The highest BCUT2D eigenvalue weighted by molar-refractivity contribution is 5.91. The largest absolute Gasteiger partial charge is 0.465 e. The van der Waals surface area contributed by atoms with Gasteiger partial charge in [-0.2, -0.15) is 5.10 Å². The first kappa shape index (κ1) is 18.1. The van der Waals surface area contributed by atoms with E-state index in [4.69, 9.17) is 14.1 Å². The van der Waals surface area contributed by atoms with E-state index in [9.17, 15) is 0 Å². The lowest BCUT2D eigenvalue weighted by Gasteiger charge is -2.33. The zero-order valence-corrected chi connectivity index (χ0v) is 16.8. The van der Waals surface area contributed by atoms with Crippen LogP contribution in [-0.4, -0.2) is 52.3 Å². The number of aromatic nitrogens is 3. The summed E-state index contributed by atoms with van der Waals surface area (Å²) in [6.45, 7) is 7.95. The van der Waals surface area contributed by atoms with E-state index < -0.39 is 0 Å². The summed E-state index contributed by atoms with van der Waals surface area (Å²) >= 11 is 0. The van der Waals surface area contributed by atoms with Crippen LogP contribution >= 0.6 is 0 Å². The SMILES string of the molecule is Cc1cc2nc(NC[C@@H](c3ccc(C)o3)N3CCOCC3)c3ccccc3n2n1. The average Bonchev–Trinajstić information content (AvgIpc) is 3.34. The Bertz CT molecular complexity index is 1140. The fourth-order valence-corrected chi connectivity index (χ4v) is 4.04. The van der Waals surface area contributed by atoms with Crippen LogP contribution in [0.5, 0.6) is 0 Å². The van der Waals surface area contributed by atoms with Gasteiger partial charge in [0, 0.05) is 31.1 Å². The van der Waals surface area contributed by atoms with Crippen molar-refractivity contribution < 1.29 is 9.15 Å². The van der Waals surface area contributed by atoms with Gasteiger partial charge in [-0.25, -0.2) is 9.50 Å². The second kappa shape index (κ2) is 7.50. The summed E-state index contributed by atoms with van der Waals surface area (Å²) in [6, 6.07) is 14.5. The Morgan fingerprint density at radius 3 is 2.72 bits per heavy atom. The van der Waals surface area contributed by atoms with Gasteiger partial charge in [0.2, 0.25) is 0 Å². The molecule has 4 aromatic rings. The number of benzene rings is 1. The Morgan fingerprint density at radius 2 is 1.93 bits per heavy atom. The van der Waals surface area contributed by atoms with Crippen LogP contribution in [-0.2, 0) is 4.74 Å². The third kappa shape index (κ3) is 3.47. The summed E-state index contributed by atoms with van der Waals surface area (Å²) in [7, 11) is 0. The molecule has 7 nitrogen and oxygen atoms in total. The number of fused-ring (bicyclic) bond motifs is 3. The number of morpholine rings is 1. The molecule has 1 fully saturated rings. The van der Waals surface area contributed by atoms with E-state index in [1.165, 1.54) is 0 Å². The minimum absolute atomic E-state index is 0.121. The number of nitrogens with zero attached hydrogens (tertiary/aromatic N) is 4. The van der Waals surface area contributed by atoms with Crippen molar-refractivity contribution in [1.29, 1.82) is 0 Å². The molecule has 5 rings (SSSR count). The maximum atomic E-state index is 5.99. The number of furan rings is 1. The monoisotopic (exact) mass is 391 g/mol. The second-order valence-corrected chi connectivity index (χ2v) is 7.53. The van der Waals surface area contributed by atoms with E-state index >= 15 is 0 Å². The van der Waals surface area contributed by atoms with Gasteiger partial charge in [-0.05, 0) is 38.1 Å². The van der Waals surface area contributed by atoms with E-state index in [2.05, 4.69) is 33.5 Å². The summed E-state index contributed by atoms with van der Waals surface area (Å²) in [5.74, 6) is 2.77. The van der Waals surface area contributed by atoms with Crippen molar-refractivity contribution in [1.82, 2.24) is 19.5 Å². The van der Waals surface area contributed by atoms with Crippen LogP contribution in [0.4, 0.5) is 5.82 Å². The molecule has 1 N–H and O–H groups in total. The third-order valence-electron chi connectivity index (χ3n) is 5.47. The summed E-state index contributed by atoms with van der Waals surface area (Å²) in [6.07, 6.45) is 0. The van der Waals surface area contributed by atoms with Crippen LogP contribution in [0.3, 0.4) is 0 Å². The average molecular weight is 391 g/mol. The van der Waals surface area contributed by atoms with Crippen LogP contribution < -0.4 is 5.32 Å². The number of anilines is 1. The van der Waals surface area contributed by atoms with E-state index in [1.807, 2.05) is 42.6 Å². The third-order valence-corrected chi connectivity index (χ3v) is 5.47. The highest BCUT2D eigenvalue weighted by Crippen LogP contribution is 2.27. The quantitative estimate of drug-likeness (QED) is 0.561. The molecular weight excluding hydrogens is 366 g/mol. The number of para-hydroxylation sites is 1. The van der Waals surface area contributed by atoms with Crippen LogP contribution in [0, 0.1) is 13.8 Å². The van der Waals surface area contributed by atoms with Crippen LogP contribution in [0.15, 0.2) is 46.9 Å². The molecule has 0 amide bonds. The van der Waals surface area contributed by atoms with Crippen molar-refractivity contribution in [2.24, 2.45) is 0 Å². The number of ether oxygens (including phenoxy) is 1. The van der Waals surface area contributed by atoms with E-state index in [0.29, 0.717) is 6.54 Å². The Balaban J connectivity index is 1.49. The van der Waals surface area contributed by atoms with Gasteiger partial charge in [0.25, 0.3) is 0 Å². The second-order valence-electron chi connectivity index (χ2n) is 7.53. The van der Waals surface area contributed by atoms with Crippen molar-refractivity contribution >= 4 is 22.4 Å². The number of hydrogen-bond donors (Lipinski definition) is 1. The van der Waals surface area contributed by atoms with Gasteiger partial charge < -0.3 is 14.5 Å². The topological polar surface area (TPSA) is 67.8 Å². The highest BCUT2D eigenvalue weighted by Gasteiger charge is 2.25. The molecule has 150 valence electrons. The lowest BCUT2D eigenvalue weighted by molar-refractivity contribution is 0.0143. The number of hydrogen-bond acceptors (Lipinski definition) is 6. The normalized spacial score (nSPS) is 16.5. The van der Waals surface area contributed by atoms with E-state index in [-0.39, 0.29) is 6.04 Å². The Morgan fingerprint density at radius 1 is 1.10 bits per heavy atom. The van der Waals surface area contributed by atoms with Crippen molar-refractivity contribution in [2.75, 3.05) is 38.2 Å². The predicted molar refractivity (Wildman–Crippen MR) is 112 cm³/mol. The minimum Gasteiger partial charge on any atom is -0.465 e. The maximum Gasteiger partial charge on any atom is 0.158 e. The zero-order valence-electron chi connectivity index (χ0n) is 16.8. The first-order valence-electron chi connectivity index (χ1n) is 10.1. The van der Waals surface area contributed by atoms with Gasteiger partial charge in [0.1, 0.15) is 17.3 Å². The van der Waals surface area contributed by atoms with Crippen molar-refractivity contribution in [3.63, 3.8) is 0 Å². The zero-order chi connectivity index (χ0) is 19.8. The Labute approximate surface area is 169 Å². The smallest absolute Gasteiger partial charge is 0.158 e. The lowest BCUT2D eigenvalue weighted by atomic mass is 10.1. The molecule has 3 aromatic heterocycles. The Hall–Kier alpha value is -2.90. The molecule has 0 unspecified atom stereocenters. The molecule has 0 spiro atoms. The van der Waals surface area contributed by atoms with Crippen molar-refractivity contribution in [3.8, 4) is 0 Å². The summed E-state index contributed by atoms with van der Waals surface area (Å²) in [5.41, 5.74) is 2.85. The van der Waals surface area contributed by atoms with E-state index in [1.54, 1.807) is 0 Å². The number of nitrogens with one attached hydrogen (secondary N) is 1. The summed E-state index contributed by atoms with van der Waals surface area (Å²) in [4.78, 5) is 7.27. The van der Waals surface area contributed by atoms with Crippen molar-refractivity contribution in [3.05, 3.63) is 59.7 Å². The van der Waals surface area contributed by atoms with Gasteiger partial charge in [-0.3, -0.25) is 4.90 Å². The Kier molecular flexibility index (Phi) is 4.69. The maximum absolute atomic E-state index is 5.99. The van der Waals surface area contributed by atoms with Crippen LogP contribution in [0.1, 0.15) is 23.3 Å². The molecule has 1 aliphatic heterocycles. The molecule has 0 radical (unpaired) electrons. The molecule has 4 heterocycles. The first-order chi connectivity index (χ1) is 14.2. The van der Waals surface area contributed by atoms with Gasteiger partial charge in [0.15, 0.2) is 5.65 Å². The molecule has 29 heavy (non-hydrogen) atoms. The molecule has 7 heteroatoms. The molecule has 0 saturated carbocycles. The first-order valence-corrected chi connectivity index (χ1v) is 10.1. The molecular formula is C22H25N5O2. The predicted octanol–water partition coefficient (Wildman–Crippen LogP) is 3.58. The van der Waals surface area contributed by atoms with Gasteiger partial charge in [-0.1, -0.05) is 12.1 Å².